The highest BCUT2D eigenvalue weighted by atomic mass is 19.2. The standard InChI is InChI=1S/C15H22F2N2/c1-15(2,3)19-9-5-8-12(18)14(19)10-6-4-7-11(16)13(10)17/h4,6-7,12,14H,5,8-9,18H2,1-3H3. The minimum atomic E-state index is -0.802. The van der Waals surface area contributed by atoms with Crippen LogP contribution in [0, 0.1) is 11.6 Å². The summed E-state index contributed by atoms with van der Waals surface area (Å²) in [4.78, 5) is 2.18. The molecule has 2 nitrogen and oxygen atoms in total. The van der Waals surface area contributed by atoms with Gasteiger partial charge in [0.2, 0.25) is 0 Å². The number of likely N-dealkylation sites (tertiary alicyclic amines) is 1. The summed E-state index contributed by atoms with van der Waals surface area (Å²) in [7, 11) is 0. The normalized spacial score (nSPS) is 25.6. The molecule has 1 aliphatic heterocycles. The first-order chi connectivity index (χ1) is 8.82. The van der Waals surface area contributed by atoms with Crippen LogP contribution in [0.2, 0.25) is 0 Å². The third kappa shape index (κ3) is 2.79. The van der Waals surface area contributed by atoms with E-state index in [1.165, 1.54) is 0 Å². The molecular weight excluding hydrogens is 246 g/mol. The van der Waals surface area contributed by atoms with Crippen molar-refractivity contribution in [3.63, 3.8) is 0 Å². The molecular formula is C15H22F2N2. The predicted octanol–water partition coefficient (Wildman–Crippen LogP) is 3.23. The van der Waals surface area contributed by atoms with E-state index in [1.807, 2.05) is 0 Å². The third-order valence-corrected chi connectivity index (χ3v) is 3.84. The van der Waals surface area contributed by atoms with Crippen molar-refractivity contribution in [1.82, 2.24) is 4.90 Å². The summed E-state index contributed by atoms with van der Waals surface area (Å²) in [6.45, 7) is 7.09. The summed E-state index contributed by atoms with van der Waals surface area (Å²) in [5.41, 5.74) is 6.44. The molecule has 0 saturated carbocycles. The second-order valence-electron chi connectivity index (χ2n) is 6.26. The van der Waals surface area contributed by atoms with Gasteiger partial charge in [-0.1, -0.05) is 12.1 Å². The first-order valence-corrected chi connectivity index (χ1v) is 6.78. The Labute approximate surface area is 113 Å². The number of hydrogen-bond acceptors (Lipinski definition) is 2. The van der Waals surface area contributed by atoms with Crippen molar-refractivity contribution in [2.24, 2.45) is 5.73 Å². The topological polar surface area (TPSA) is 29.3 Å². The van der Waals surface area contributed by atoms with Gasteiger partial charge in [-0.05, 0) is 46.2 Å². The van der Waals surface area contributed by atoms with Crippen molar-refractivity contribution < 1.29 is 8.78 Å². The van der Waals surface area contributed by atoms with E-state index in [0.717, 1.165) is 25.5 Å². The molecule has 0 radical (unpaired) electrons. The van der Waals surface area contributed by atoms with Gasteiger partial charge in [0.25, 0.3) is 0 Å². The molecule has 0 amide bonds. The molecule has 0 aliphatic carbocycles. The highest BCUT2D eigenvalue weighted by Gasteiger charge is 2.38. The Morgan fingerprint density at radius 3 is 2.58 bits per heavy atom. The second kappa shape index (κ2) is 5.17. The van der Waals surface area contributed by atoms with E-state index in [2.05, 4.69) is 25.7 Å². The number of hydrogen-bond donors (Lipinski definition) is 1. The van der Waals surface area contributed by atoms with Crippen LogP contribution >= 0.6 is 0 Å². The van der Waals surface area contributed by atoms with Gasteiger partial charge in [-0.2, -0.15) is 0 Å². The summed E-state index contributed by atoms with van der Waals surface area (Å²) in [6.07, 6.45) is 1.83. The number of benzene rings is 1. The average Bonchev–Trinajstić information content (AvgIpc) is 2.32. The summed E-state index contributed by atoms with van der Waals surface area (Å²) in [5, 5.41) is 0. The summed E-state index contributed by atoms with van der Waals surface area (Å²) < 4.78 is 27.5. The molecule has 2 atom stereocenters. The Morgan fingerprint density at radius 1 is 1.26 bits per heavy atom. The Balaban J connectivity index is 2.45. The molecule has 1 aromatic carbocycles. The van der Waals surface area contributed by atoms with Crippen molar-refractivity contribution in [1.29, 1.82) is 0 Å². The molecule has 2 N–H and O–H groups in total. The zero-order valence-electron chi connectivity index (χ0n) is 11.8. The Hall–Kier alpha value is -1.00. The molecule has 0 spiro atoms. The fourth-order valence-corrected chi connectivity index (χ4v) is 2.93. The number of rotatable bonds is 1. The minimum absolute atomic E-state index is 0.124. The van der Waals surface area contributed by atoms with Gasteiger partial charge in [0.05, 0.1) is 6.04 Å². The maximum absolute atomic E-state index is 14.1. The average molecular weight is 268 g/mol. The zero-order chi connectivity index (χ0) is 14.2. The van der Waals surface area contributed by atoms with Gasteiger partial charge in [-0.25, -0.2) is 8.78 Å². The van der Waals surface area contributed by atoms with Crippen LogP contribution < -0.4 is 5.73 Å². The molecule has 1 saturated heterocycles. The zero-order valence-corrected chi connectivity index (χ0v) is 11.8. The highest BCUT2D eigenvalue weighted by Crippen LogP contribution is 2.36. The maximum atomic E-state index is 14.1. The van der Waals surface area contributed by atoms with Crippen LogP contribution in [0.3, 0.4) is 0 Å². The van der Waals surface area contributed by atoms with Gasteiger partial charge >= 0.3 is 0 Å². The van der Waals surface area contributed by atoms with Crippen molar-refractivity contribution >= 4 is 0 Å². The molecule has 0 bridgehead atoms. The second-order valence-corrected chi connectivity index (χ2v) is 6.26. The van der Waals surface area contributed by atoms with Crippen LogP contribution in [-0.2, 0) is 0 Å². The SMILES string of the molecule is CC(C)(C)N1CCCC(N)C1c1cccc(F)c1F. The van der Waals surface area contributed by atoms with E-state index in [1.54, 1.807) is 12.1 Å². The molecule has 4 heteroatoms. The highest BCUT2D eigenvalue weighted by molar-refractivity contribution is 5.25. The van der Waals surface area contributed by atoms with Gasteiger partial charge in [0.15, 0.2) is 11.6 Å². The molecule has 1 heterocycles. The van der Waals surface area contributed by atoms with E-state index < -0.39 is 11.6 Å². The van der Waals surface area contributed by atoms with E-state index in [0.29, 0.717) is 5.56 Å². The smallest absolute Gasteiger partial charge is 0.163 e. The number of halogens is 2. The van der Waals surface area contributed by atoms with Gasteiger partial charge in [0, 0.05) is 17.1 Å². The van der Waals surface area contributed by atoms with Gasteiger partial charge in [0.1, 0.15) is 0 Å². The van der Waals surface area contributed by atoms with Crippen molar-refractivity contribution in [2.75, 3.05) is 6.54 Å². The number of nitrogens with zero attached hydrogens (tertiary/aromatic N) is 1. The molecule has 0 aromatic heterocycles. The Kier molecular flexibility index (Phi) is 3.92. The molecule has 106 valence electrons. The molecule has 19 heavy (non-hydrogen) atoms. The Bertz CT molecular complexity index is 454. The summed E-state index contributed by atoms with van der Waals surface area (Å²) >= 11 is 0. The van der Waals surface area contributed by atoms with Crippen LogP contribution in [0.5, 0.6) is 0 Å². The molecule has 1 fully saturated rings. The van der Waals surface area contributed by atoms with Gasteiger partial charge in [-0.15, -0.1) is 0 Å². The van der Waals surface area contributed by atoms with Crippen molar-refractivity contribution in [2.45, 2.75) is 51.2 Å². The van der Waals surface area contributed by atoms with E-state index >= 15 is 0 Å². The fraction of sp³-hybridized carbons (Fsp3) is 0.600. The lowest BCUT2D eigenvalue weighted by Crippen LogP contribution is -2.53. The Morgan fingerprint density at radius 2 is 1.95 bits per heavy atom. The van der Waals surface area contributed by atoms with Crippen LogP contribution in [0.15, 0.2) is 18.2 Å². The van der Waals surface area contributed by atoms with Gasteiger partial charge in [-0.3, -0.25) is 4.90 Å². The van der Waals surface area contributed by atoms with Crippen LogP contribution in [0.4, 0.5) is 8.78 Å². The first kappa shape index (κ1) is 14.4. The maximum Gasteiger partial charge on any atom is 0.163 e. The lowest BCUT2D eigenvalue weighted by Gasteiger charge is -2.47. The lowest BCUT2D eigenvalue weighted by molar-refractivity contribution is 0.0363. The van der Waals surface area contributed by atoms with E-state index in [-0.39, 0.29) is 17.6 Å². The third-order valence-electron chi connectivity index (χ3n) is 3.84. The molecule has 2 rings (SSSR count). The van der Waals surface area contributed by atoms with Gasteiger partial charge < -0.3 is 5.73 Å². The summed E-state index contributed by atoms with van der Waals surface area (Å²) in [6, 6.07) is 3.92. The van der Waals surface area contributed by atoms with E-state index in [9.17, 15) is 8.78 Å². The molecule has 1 aliphatic rings. The number of nitrogens with two attached hydrogens (primary N) is 1. The number of piperidine rings is 1. The summed E-state index contributed by atoms with van der Waals surface area (Å²) in [5.74, 6) is -1.57. The first-order valence-electron chi connectivity index (χ1n) is 6.78. The molecule has 1 aromatic rings. The fourth-order valence-electron chi connectivity index (χ4n) is 2.93. The van der Waals surface area contributed by atoms with Crippen LogP contribution in [0.1, 0.15) is 45.2 Å². The molecule has 2 unspecified atom stereocenters. The van der Waals surface area contributed by atoms with Crippen LogP contribution in [0.25, 0.3) is 0 Å². The van der Waals surface area contributed by atoms with Crippen molar-refractivity contribution in [3.8, 4) is 0 Å². The monoisotopic (exact) mass is 268 g/mol. The van der Waals surface area contributed by atoms with Crippen molar-refractivity contribution in [3.05, 3.63) is 35.4 Å². The lowest BCUT2D eigenvalue weighted by atomic mass is 9.86. The van der Waals surface area contributed by atoms with E-state index in [4.69, 9.17) is 5.73 Å². The predicted molar refractivity (Wildman–Crippen MR) is 72.8 cm³/mol. The van der Waals surface area contributed by atoms with Crippen LogP contribution in [-0.4, -0.2) is 23.0 Å². The minimum Gasteiger partial charge on any atom is -0.326 e. The quantitative estimate of drug-likeness (QED) is 0.847. The largest absolute Gasteiger partial charge is 0.326 e.